The molecule has 1 aromatic carbocycles. The zero-order valence-corrected chi connectivity index (χ0v) is 19.2. The van der Waals surface area contributed by atoms with Crippen molar-refractivity contribution >= 4 is 33.2 Å². The van der Waals surface area contributed by atoms with E-state index in [0.29, 0.717) is 18.2 Å². The number of ether oxygens (including phenoxy) is 1. The van der Waals surface area contributed by atoms with Gasteiger partial charge in [0.2, 0.25) is 0 Å². The maximum absolute atomic E-state index is 13.3. The number of aryl methyl sites for hydroxylation is 2. The standard InChI is InChI=1S/C23H28ClN3O2S/c1-16-17(2)30-22-21(16)23(28)27(20(25-22)15-26-11-3-4-12-26)13-5-6-14-29-19-9-7-18(24)8-10-19/h7-10H,3-6,11-15H2,1-2H3. The van der Waals surface area contributed by atoms with E-state index in [9.17, 15) is 4.79 Å². The number of hydrogen-bond donors (Lipinski definition) is 0. The molecule has 1 fully saturated rings. The molecule has 1 saturated heterocycles. The van der Waals surface area contributed by atoms with Crippen LogP contribution in [0.1, 0.15) is 41.9 Å². The fourth-order valence-corrected chi connectivity index (χ4v) is 5.12. The van der Waals surface area contributed by atoms with Crippen LogP contribution in [0.15, 0.2) is 29.1 Å². The van der Waals surface area contributed by atoms with Crippen molar-refractivity contribution in [2.24, 2.45) is 0 Å². The van der Waals surface area contributed by atoms with E-state index in [2.05, 4.69) is 11.8 Å². The van der Waals surface area contributed by atoms with Gasteiger partial charge in [-0.25, -0.2) is 4.98 Å². The highest BCUT2D eigenvalue weighted by Crippen LogP contribution is 2.27. The Morgan fingerprint density at radius 2 is 1.87 bits per heavy atom. The Morgan fingerprint density at radius 1 is 1.13 bits per heavy atom. The Morgan fingerprint density at radius 3 is 2.60 bits per heavy atom. The molecule has 2 aromatic heterocycles. The van der Waals surface area contributed by atoms with Crippen LogP contribution in [0.3, 0.4) is 0 Å². The number of thiophene rings is 1. The molecule has 0 atom stereocenters. The van der Waals surface area contributed by atoms with Crippen molar-refractivity contribution in [3.8, 4) is 5.75 Å². The van der Waals surface area contributed by atoms with E-state index in [-0.39, 0.29) is 5.56 Å². The maximum Gasteiger partial charge on any atom is 0.262 e. The molecule has 3 heterocycles. The number of nitrogens with zero attached hydrogens (tertiary/aromatic N) is 3. The third-order valence-electron chi connectivity index (χ3n) is 5.79. The summed E-state index contributed by atoms with van der Waals surface area (Å²) in [6, 6.07) is 7.40. The Balaban J connectivity index is 1.47. The molecule has 1 aliphatic heterocycles. The molecule has 0 radical (unpaired) electrons. The summed E-state index contributed by atoms with van der Waals surface area (Å²) < 4.78 is 7.70. The minimum absolute atomic E-state index is 0.106. The van der Waals surface area contributed by atoms with Gasteiger partial charge in [0.1, 0.15) is 16.4 Å². The topological polar surface area (TPSA) is 47.4 Å². The predicted molar refractivity (Wildman–Crippen MR) is 124 cm³/mol. The molecule has 4 rings (SSSR count). The van der Waals surface area contributed by atoms with Gasteiger partial charge in [0.25, 0.3) is 5.56 Å². The minimum Gasteiger partial charge on any atom is -0.494 e. The summed E-state index contributed by atoms with van der Waals surface area (Å²) in [6.07, 6.45) is 4.20. The SMILES string of the molecule is Cc1sc2nc(CN3CCCC3)n(CCCCOc3ccc(Cl)cc3)c(=O)c2c1C. The van der Waals surface area contributed by atoms with Gasteiger partial charge in [-0.15, -0.1) is 11.3 Å². The summed E-state index contributed by atoms with van der Waals surface area (Å²) in [4.78, 5) is 22.7. The summed E-state index contributed by atoms with van der Waals surface area (Å²) in [5.41, 5.74) is 1.18. The number of fused-ring (bicyclic) bond motifs is 1. The van der Waals surface area contributed by atoms with E-state index in [1.165, 1.54) is 17.7 Å². The molecular formula is C23H28ClN3O2S. The molecule has 0 saturated carbocycles. The van der Waals surface area contributed by atoms with E-state index >= 15 is 0 Å². The summed E-state index contributed by atoms with van der Waals surface area (Å²) in [7, 11) is 0. The molecule has 5 nitrogen and oxygen atoms in total. The third kappa shape index (κ3) is 4.71. The van der Waals surface area contributed by atoms with Crippen LogP contribution in [0.25, 0.3) is 10.2 Å². The fraction of sp³-hybridized carbons (Fsp3) is 0.478. The Hall–Kier alpha value is -1.89. The van der Waals surface area contributed by atoms with E-state index < -0.39 is 0 Å². The molecule has 0 bridgehead atoms. The van der Waals surface area contributed by atoms with Crippen molar-refractivity contribution in [2.75, 3.05) is 19.7 Å². The van der Waals surface area contributed by atoms with E-state index in [0.717, 1.165) is 59.8 Å². The van der Waals surface area contributed by atoms with Crippen LogP contribution in [-0.4, -0.2) is 34.1 Å². The number of hydrogen-bond acceptors (Lipinski definition) is 5. The molecule has 160 valence electrons. The van der Waals surface area contributed by atoms with Crippen molar-refractivity contribution in [3.05, 3.63) is 55.9 Å². The Labute approximate surface area is 186 Å². The molecule has 3 aromatic rings. The first kappa shape index (κ1) is 21.3. The van der Waals surface area contributed by atoms with Gasteiger partial charge in [-0.1, -0.05) is 11.6 Å². The lowest BCUT2D eigenvalue weighted by Gasteiger charge is -2.18. The van der Waals surface area contributed by atoms with E-state index in [1.807, 2.05) is 35.8 Å². The summed E-state index contributed by atoms with van der Waals surface area (Å²) in [5, 5.41) is 1.49. The number of aromatic nitrogens is 2. The normalized spacial score (nSPS) is 14.6. The number of benzene rings is 1. The number of rotatable bonds is 8. The van der Waals surface area contributed by atoms with Gasteiger partial charge in [-0.2, -0.15) is 0 Å². The van der Waals surface area contributed by atoms with Gasteiger partial charge < -0.3 is 4.74 Å². The first-order valence-corrected chi connectivity index (χ1v) is 11.8. The fourth-order valence-electron chi connectivity index (χ4n) is 3.95. The molecule has 7 heteroatoms. The lowest BCUT2D eigenvalue weighted by atomic mass is 10.2. The number of likely N-dealkylation sites (tertiary alicyclic amines) is 1. The second-order valence-corrected chi connectivity index (χ2v) is 9.58. The van der Waals surface area contributed by atoms with Crippen molar-refractivity contribution in [1.29, 1.82) is 0 Å². The van der Waals surface area contributed by atoms with Crippen molar-refractivity contribution < 1.29 is 4.74 Å². The second kappa shape index (κ2) is 9.50. The van der Waals surface area contributed by atoms with Gasteiger partial charge >= 0.3 is 0 Å². The van der Waals surface area contributed by atoms with Gasteiger partial charge in [0.05, 0.1) is 18.5 Å². The third-order valence-corrected chi connectivity index (χ3v) is 7.14. The average Bonchev–Trinajstić information content (AvgIpc) is 3.33. The molecule has 0 amide bonds. The monoisotopic (exact) mass is 445 g/mol. The van der Waals surface area contributed by atoms with Crippen LogP contribution in [0.2, 0.25) is 5.02 Å². The largest absolute Gasteiger partial charge is 0.494 e. The summed E-state index contributed by atoms with van der Waals surface area (Å²) in [5.74, 6) is 1.72. The zero-order valence-electron chi connectivity index (χ0n) is 17.6. The predicted octanol–water partition coefficient (Wildman–Crippen LogP) is 5.18. The highest BCUT2D eigenvalue weighted by Gasteiger charge is 2.19. The second-order valence-electron chi connectivity index (χ2n) is 7.94. The number of halogens is 1. The molecule has 30 heavy (non-hydrogen) atoms. The van der Waals surface area contributed by atoms with E-state index in [4.69, 9.17) is 21.3 Å². The van der Waals surface area contributed by atoms with Gasteiger partial charge in [0.15, 0.2) is 0 Å². The molecule has 0 spiro atoms. The lowest BCUT2D eigenvalue weighted by molar-refractivity contribution is 0.296. The van der Waals surface area contributed by atoms with Crippen LogP contribution in [-0.2, 0) is 13.1 Å². The first-order chi connectivity index (χ1) is 14.5. The van der Waals surface area contributed by atoms with Gasteiger partial charge in [-0.05, 0) is 82.4 Å². The molecule has 0 unspecified atom stereocenters. The van der Waals surface area contributed by atoms with Crippen LogP contribution in [0, 0.1) is 13.8 Å². The average molecular weight is 446 g/mol. The zero-order chi connectivity index (χ0) is 21.1. The quantitative estimate of drug-likeness (QED) is 0.448. The van der Waals surface area contributed by atoms with Crippen LogP contribution in [0.4, 0.5) is 0 Å². The number of unbranched alkanes of at least 4 members (excludes halogenated alkanes) is 1. The minimum atomic E-state index is 0.106. The highest BCUT2D eigenvalue weighted by molar-refractivity contribution is 7.18. The summed E-state index contributed by atoms with van der Waals surface area (Å²) >= 11 is 7.54. The van der Waals surface area contributed by atoms with Gasteiger partial charge in [-0.3, -0.25) is 14.3 Å². The van der Waals surface area contributed by atoms with Crippen LogP contribution >= 0.6 is 22.9 Å². The molecule has 0 N–H and O–H groups in total. The summed E-state index contributed by atoms with van der Waals surface area (Å²) in [6.45, 7) is 8.31. The molecule has 0 aliphatic carbocycles. The highest BCUT2D eigenvalue weighted by atomic mass is 35.5. The molecule has 1 aliphatic rings. The van der Waals surface area contributed by atoms with Crippen LogP contribution < -0.4 is 10.3 Å². The smallest absolute Gasteiger partial charge is 0.262 e. The van der Waals surface area contributed by atoms with Crippen LogP contribution in [0.5, 0.6) is 5.75 Å². The lowest BCUT2D eigenvalue weighted by Crippen LogP contribution is -2.30. The van der Waals surface area contributed by atoms with Crippen molar-refractivity contribution in [1.82, 2.24) is 14.5 Å². The maximum atomic E-state index is 13.3. The van der Waals surface area contributed by atoms with E-state index in [1.54, 1.807) is 11.3 Å². The van der Waals surface area contributed by atoms with Gasteiger partial charge in [0, 0.05) is 16.4 Å². The molecular weight excluding hydrogens is 418 g/mol. The van der Waals surface area contributed by atoms with Crippen molar-refractivity contribution in [2.45, 2.75) is 52.6 Å². The Bertz CT molecular complexity index is 1070. The first-order valence-electron chi connectivity index (χ1n) is 10.6. The van der Waals surface area contributed by atoms with Crippen molar-refractivity contribution in [3.63, 3.8) is 0 Å². The Kier molecular flexibility index (Phi) is 6.76.